The van der Waals surface area contributed by atoms with Crippen LogP contribution in [0.15, 0.2) is 86.0 Å². The number of nitrogens with zero attached hydrogens (tertiary/aromatic N) is 4. The SMILES string of the molecule is Cc1ccc(-n2ccnc2)cc1.Oc1ccc(-n2ccnc2)cc1. The van der Waals surface area contributed by atoms with E-state index in [-0.39, 0.29) is 5.75 Å². The fourth-order valence-electron chi connectivity index (χ4n) is 2.17. The highest BCUT2D eigenvalue weighted by Gasteiger charge is 1.94. The van der Waals surface area contributed by atoms with E-state index in [4.69, 9.17) is 5.11 Å². The lowest BCUT2D eigenvalue weighted by molar-refractivity contribution is 0.475. The normalized spacial score (nSPS) is 10.0. The van der Waals surface area contributed by atoms with Crippen molar-refractivity contribution in [2.45, 2.75) is 6.92 Å². The topological polar surface area (TPSA) is 55.9 Å². The van der Waals surface area contributed by atoms with E-state index in [0.29, 0.717) is 0 Å². The maximum absolute atomic E-state index is 9.03. The molecule has 5 heteroatoms. The van der Waals surface area contributed by atoms with Gasteiger partial charge in [0.05, 0.1) is 12.7 Å². The van der Waals surface area contributed by atoms with Gasteiger partial charge in [0, 0.05) is 36.2 Å². The third-order valence-corrected chi connectivity index (χ3v) is 3.49. The summed E-state index contributed by atoms with van der Waals surface area (Å²) in [6.07, 6.45) is 10.8. The zero-order valence-corrected chi connectivity index (χ0v) is 13.3. The summed E-state index contributed by atoms with van der Waals surface area (Å²) in [4.78, 5) is 7.91. The largest absolute Gasteiger partial charge is 0.508 e. The van der Waals surface area contributed by atoms with E-state index in [2.05, 4.69) is 41.2 Å². The second-order valence-corrected chi connectivity index (χ2v) is 5.29. The number of imidazole rings is 2. The van der Waals surface area contributed by atoms with E-state index in [1.165, 1.54) is 5.56 Å². The van der Waals surface area contributed by atoms with Gasteiger partial charge in [-0.05, 0) is 43.3 Å². The number of aryl methyl sites for hydroxylation is 1. The highest BCUT2D eigenvalue weighted by atomic mass is 16.3. The monoisotopic (exact) mass is 318 g/mol. The molecular weight excluding hydrogens is 300 g/mol. The molecule has 2 heterocycles. The summed E-state index contributed by atoms with van der Waals surface area (Å²) in [5.41, 5.74) is 3.42. The van der Waals surface area contributed by atoms with Crippen molar-refractivity contribution in [3.63, 3.8) is 0 Å². The van der Waals surface area contributed by atoms with Gasteiger partial charge in [-0.3, -0.25) is 0 Å². The number of phenols is 1. The summed E-state index contributed by atoms with van der Waals surface area (Å²) >= 11 is 0. The van der Waals surface area contributed by atoms with Crippen LogP contribution in [0.1, 0.15) is 5.56 Å². The lowest BCUT2D eigenvalue weighted by atomic mass is 10.2. The van der Waals surface area contributed by atoms with Gasteiger partial charge in [0.2, 0.25) is 0 Å². The van der Waals surface area contributed by atoms with Gasteiger partial charge in [-0.25, -0.2) is 9.97 Å². The molecule has 5 nitrogen and oxygen atoms in total. The predicted octanol–water partition coefficient (Wildman–Crippen LogP) is 3.76. The minimum atomic E-state index is 0.277. The molecule has 0 radical (unpaired) electrons. The van der Waals surface area contributed by atoms with Gasteiger partial charge in [0.1, 0.15) is 5.75 Å². The zero-order valence-electron chi connectivity index (χ0n) is 13.3. The van der Waals surface area contributed by atoms with Crippen molar-refractivity contribution < 1.29 is 5.11 Å². The van der Waals surface area contributed by atoms with Gasteiger partial charge in [-0.2, -0.15) is 0 Å². The number of aromatic hydroxyl groups is 1. The quantitative estimate of drug-likeness (QED) is 0.612. The van der Waals surface area contributed by atoms with Crippen molar-refractivity contribution in [1.29, 1.82) is 0 Å². The van der Waals surface area contributed by atoms with Crippen LogP contribution in [0.25, 0.3) is 11.4 Å². The standard InChI is InChI=1S/C10H10N2.C9H8N2O/c1-9-2-4-10(5-3-9)12-7-6-11-8-12;12-9-3-1-8(2-4-9)11-6-5-10-7-11/h2-8H,1H3;1-7,12H. The summed E-state index contributed by atoms with van der Waals surface area (Å²) in [7, 11) is 0. The average Bonchev–Trinajstić information content (AvgIpc) is 3.31. The van der Waals surface area contributed by atoms with Crippen LogP contribution in [-0.2, 0) is 0 Å². The van der Waals surface area contributed by atoms with E-state index >= 15 is 0 Å². The van der Waals surface area contributed by atoms with E-state index in [9.17, 15) is 0 Å². The van der Waals surface area contributed by atoms with E-state index in [1.807, 2.05) is 33.7 Å². The van der Waals surface area contributed by atoms with Crippen LogP contribution < -0.4 is 0 Å². The van der Waals surface area contributed by atoms with Crippen LogP contribution in [0.2, 0.25) is 0 Å². The smallest absolute Gasteiger partial charge is 0.115 e. The number of hydrogen-bond acceptors (Lipinski definition) is 3. The Bertz CT molecular complexity index is 773. The lowest BCUT2D eigenvalue weighted by Crippen LogP contribution is -1.88. The summed E-state index contributed by atoms with van der Waals surface area (Å²) in [5.74, 6) is 0.277. The molecule has 2 aromatic carbocycles. The number of phenolic OH excluding ortho intramolecular Hbond substituents is 1. The molecule has 0 unspecified atom stereocenters. The molecule has 120 valence electrons. The van der Waals surface area contributed by atoms with Crippen molar-refractivity contribution in [2.24, 2.45) is 0 Å². The summed E-state index contributed by atoms with van der Waals surface area (Å²) in [6.45, 7) is 2.08. The second-order valence-electron chi connectivity index (χ2n) is 5.29. The minimum absolute atomic E-state index is 0.277. The van der Waals surface area contributed by atoms with Crippen LogP contribution in [0.4, 0.5) is 0 Å². The molecule has 0 saturated heterocycles. The summed E-state index contributed by atoms with van der Waals surface area (Å²) in [6, 6.07) is 15.3. The molecule has 0 saturated carbocycles. The molecule has 0 fully saturated rings. The second kappa shape index (κ2) is 7.28. The third-order valence-electron chi connectivity index (χ3n) is 3.49. The molecule has 24 heavy (non-hydrogen) atoms. The third kappa shape index (κ3) is 3.89. The Labute approximate surface area is 140 Å². The Hall–Kier alpha value is -3.34. The van der Waals surface area contributed by atoms with Crippen LogP contribution in [0.3, 0.4) is 0 Å². The first kappa shape index (κ1) is 15.6. The van der Waals surface area contributed by atoms with Crippen molar-refractivity contribution in [3.05, 3.63) is 91.5 Å². The Morgan fingerprint density at radius 2 is 1.17 bits per heavy atom. The number of hydrogen-bond donors (Lipinski definition) is 1. The predicted molar refractivity (Wildman–Crippen MR) is 93.5 cm³/mol. The molecule has 4 aromatic rings. The highest BCUT2D eigenvalue weighted by Crippen LogP contribution is 2.12. The molecule has 0 aliphatic carbocycles. The summed E-state index contributed by atoms with van der Waals surface area (Å²) < 4.78 is 3.86. The van der Waals surface area contributed by atoms with Crippen LogP contribution in [0.5, 0.6) is 5.75 Å². The van der Waals surface area contributed by atoms with Gasteiger partial charge in [-0.15, -0.1) is 0 Å². The van der Waals surface area contributed by atoms with Crippen LogP contribution in [0, 0.1) is 6.92 Å². The van der Waals surface area contributed by atoms with Gasteiger partial charge < -0.3 is 14.2 Å². The first-order chi connectivity index (χ1) is 11.7. The molecule has 0 amide bonds. The fourth-order valence-corrected chi connectivity index (χ4v) is 2.17. The average molecular weight is 318 g/mol. The molecular formula is C19H18N4O. The highest BCUT2D eigenvalue weighted by molar-refractivity contribution is 5.36. The molecule has 2 aromatic heterocycles. The van der Waals surface area contributed by atoms with Gasteiger partial charge in [0.25, 0.3) is 0 Å². The molecule has 0 atom stereocenters. The van der Waals surface area contributed by atoms with Crippen molar-refractivity contribution in [1.82, 2.24) is 19.1 Å². The van der Waals surface area contributed by atoms with Gasteiger partial charge in [-0.1, -0.05) is 17.7 Å². The first-order valence-corrected chi connectivity index (χ1v) is 7.55. The summed E-state index contributed by atoms with van der Waals surface area (Å²) in [5, 5.41) is 9.03. The molecule has 0 bridgehead atoms. The molecule has 0 aliphatic heterocycles. The van der Waals surface area contributed by atoms with Gasteiger partial charge >= 0.3 is 0 Å². The Morgan fingerprint density at radius 3 is 1.58 bits per heavy atom. The van der Waals surface area contributed by atoms with Crippen molar-refractivity contribution in [2.75, 3.05) is 0 Å². The Balaban J connectivity index is 0.000000141. The fraction of sp³-hybridized carbons (Fsp3) is 0.0526. The minimum Gasteiger partial charge on any atom is -0.508 e. The lowest BCUT2D eigenvalue weighted by Gasteiger charge is -2.00. The number of aromatic nitrogens is 4. The first-order valence-electron chi connectivity index (χ1n) is 7.55. The van der Waals surface area contributed by atoms with Crippen LogP contribution in [-0.4, -0.2) is 24.2 Å². The molecule has 0 spiro atoms. The Kier molecular flexibility index (Phi) is 4.72. The Morgan fingerprint density at radius 1 is 0.708 bits per heavy atom. The molecule has 0 aliphatic rings. The number of benzene rings is 2. The van der Waals surface area contributed by atoms with E-state index < -0.39 is 0 Å². The van der Waals surface area contributed by atoms with E-state index in [0.717, 1.165) is 11.4 Å². The van der Waals surface area contributed by atoms with Crippen molar-refractivity contribution >= 4 is 0 Å². The van der Waals surface area contributed by atoms with Crippen LogP contribution >= 0.6 is 0 Å². The van der Waals surface area contributed by atoms with Gasteiger partial charge in [0.15, 0.2) is 0 Å². The molecule has 1 N–H and O–H groups in total. The van der Waals surface area contributed by atoms with E-state index in [1.54, 1.807) is 37.2 Å². The number of rotatable bonds is 2. The maximum Gasteiger partial charge on any atom is 0.115 e. The molecule has 4 rings (SSSR count). The maximum atomic E-state index is 9.03. The van der Waals surface area contributed by atoms with Crippen molar-refractivity contribution in [3.8, 4) is 17.1 Å². The zero-order chi connectivity index (χ0) is 16.8.